The molecule has 4 heteroatoms. The fourth-order valence-corrected chi connectivity index (χ4v) is 2.41. The van der Waals surface area contributed by atoms with Gasteiger partial charge in [0.05, 0.1) is 12.2 Å². The number of aryl methyl sites for hydroxylation is 1. The maximum absolute atomic E-state index is 11.0. The van der Waals surface area contributed by atoms with Gasteiger partial charge < -0.3 is 9.67 Å². The molecule has 100 valence electrons. The van der Waals surface area contributed by atoms with Crippen LogP contribution in [0.3, 0.4) is 0 Å². The van der Waals surface area contributed by atoms with E-state index in [0.29, 0.717) is 6.54 Å². The van der Waals surface area contributed by atoms with Crippen LogP contribution in [0.5, 0.6) is 0 Å². The highest BCUT2D eigenvalue weighted by molar-refractivity contribution is 5.85. The van der Waals surface area contributed by atoms with E-state index >= 15 is 0 Å². The molecule has 2 heterocycles. The molecule has 20 heavy (non-hydrogen) atoms. The van der Waals surface area contributed by atoms with E-state index in [2.05, 4.69) is 27.8 Å². The van der Waals surface area contributed by atoms with Gasteiger partial charge in [-0.2, -0.15) is 0 Å². The Bertz CT molecular complexity index is 790. The molecule has 0 fully saturated rings. The molecule has 0 amide bonds. The average molecular weight is 266 g/mol. The van der Waals surface area contributed by atoms with Crippen molar-refractivity contribution in [3.8, 4) is 0 Å². The van der Waals surface area contributed by atoms with Gasteiger partial charge in [-0.25, -0.2) is 9.78 Å². The summed E-state index contributed by atoms with van der Waals surface area (Å²) in [6, 6.07) is 15.3. The third kappa shape index (κ3) is 2.16. The summed E-state index contributed by atoms with van der Waals surface area (Å²) in [5, 5.41) is 10.2. The molecule has 0 aliphatic heterocycles. The smallest absolute Gasteiger partial charge is 0.354 e. The number of hydrogen-bond donors (Lipinski definition) is 1. The van der Waals surface area contributed by atoms with Crippen LogP contribution < -0.4 is 0 Å². The van der Waals surface area contributed by atoms with Crippen molar-refractivity contribution in [2.24, 2.45) is 0 Å². The first-order valence-electron chi connectivity index (χ1n) is 6.39. The largest absolute Gasteiger partial charge is 0.477 e. The van der Waals surface area contributed by atoms with Crippen molar-refractivity contribution in [3.63, 3.8) is 0 Å². The summed E-state index contributed by atoms with van der Waals surface area (Å²) in [6.07, 6.45) is 0. The van der Waals surface area contributed by atoms with E-state index in [1.54, 1.807) is 6.07 Å². The number of benzene rings is 1. The zero-order valence-corrected chi connectivity index (χ0v) is 11.1. The van der Waals surface area contributed by atoms with E-state index in [-0.39, 0.29) is 5.69 Å². The second-order valence-corrected chi connectivity index (χ2v) is 4.75. The molecule has 1 aromatic carbocycles. The third-order valence-electron chi connectivity index (χ3n) is 3.36. The molecule has 3 aromatic rings. The van der Waals surface area contributed by atoms with Crippen LogP contribution in [-0.4, -0.2) is 20.6 Å². The number of pyridine rings is 1. The fourth-order valence-electron chi connectivity index (χ4n) is 2.41. The number of fused-ring (bicyclic) bond motifs is 1. The van der Waals surface area contributed by atoms with Crippen LogP contribution in [0.1, 0.15) is 21.9 Å². The van der Waals surface area contributed by atoms with Gasteiger partial charge in [-0.15, -0.1) is 0 Å². The fraction of sp³-hybridized carbons (Fsp3) is 0.125. The topological polar surface area (TPSA) is 55.1 Å². The van der Waals surface area contributed by atoms with E-state index in [0.717, 1.165) is 16.9 Å². The molecule has 0 aliphatic carbocycles. The Morgan fingerprint density at radius 2 is 2.00 bits per heavy atom. The molecular formula is C16H14N2O2. The molecule has 1 N–H and O–H groups in total. The minimum atomic E-state index is -0.999. The lowest BCUT2D eigenvalue weighted by Crippen LogP contribution is -2.07. The molecule has 0 spiro atoms. The predicted molar refractivity (Wildman–Crippen MR) is 77.0 cm³/mol. The first kappa shape index (κ1) is 12.4. The van der Waals surface area contributed by atoms with Crippen molar-refractivity contribution < 1.29 is 9.90 Å². The highest BCUT2D eigenvalue weighted by atomic mass is 16.4. The molecular weight excluding hydrogens is 252 g/mol. The van der Waals surface area contributed by atoms with Gasteiger partial charge >= 0.3 is 5.97 Å². The van der Waals surface area contributed by atoms with Crippen molar-refractivity contribution in [2.75, 3.05) is 0 Å². The summed E-state index contributed by atoms with van der Waals surface area (Å²) in [7, 11) is 0. The van der Waals surface area contributed by atoms with Gasteiger partial charge in [-0.1, -0.05) is 24.3 Å². The van der Waals surface area contributed by atoms with Gasteiger partial charge in [-0.05, 0) is 36.6 Å². The number of carboxylic acids is 1. The summed E-state index contributed by atoms with van der Waals surface area (Å²) in [4.78, 5) is 15.1. The Labute approximate surface area is 116 Å². The number of rotatable bonds is 3. The van der Waals surface area contributed by atoms with Crippen LogP contribution in [-0.2, 0) is 6.54 Å². The normalized spacial score (nSPS) is 10.8. The van der Waals surface area contributed by atoms with Crippen LogP contribution in [0.25, 0.3) is 10.9 Å². The van der Waals surface area contributed by atoms with Crippen molar-refractivity contribution in [3.05, 3.63) is 65.6 Å². The van der Waals surface area contributed by atoms with E-state index in [1.807, 2.05) is 25.1 Å². The quantitative estimate of drug-likeness (QED) is 0.792. The molecule has 0 bridgehead atoms. The molecule has 0 saturated heterocycles. The van der Waals surface area contributed by atoms with Crippen molar-refractivity contribution in [2.45, 2.75) is 13.5 Å². The molecule has 0 unspecified atom stereocenters. The minimum Gasteiger partial charge on any atom is -0.477 e. The summed E-state index contributed by atoms with van der Waals surface area (Å²) in [5.41, 5.74) is 3.09. The second-order valence-electron chi connectivity index (χ2n) is 4.75. The van der Waals surface area contributed by atoms with E-state index < -0.39 is 5.97 Å². The Morgan fingerprint density at radius 1 is 1.20 bits per heavy atom. The average Bonchev–Trinajstić information content (AvgIpc) is 2.76. The summed E-state index contributed by atoms with van der Waals surface area (Å²) >= 11 is 0. The highest BCUT2D eigenvalue weighted by Crippen LogP contribution is 2.20. The first-order chi connectivity index (χ1) is 9.65. The van der Waals surface area contributed by atoms with Crippen LogP contribution >= 0.6 is 0 Å². The van der Waals surface area contributed by atoms with Gasteiger partial charge in [0, 0.05) is 11.2 Å². The number of aromatic carboxylic acids is 1. The van der Waals surface area contributed by atoms with Crippen LogP contribution in [0.15, 0.2) is 48.5 Å². The minimum absolute atomic E-state index is 0.0802. The molecule has 0 radical (unpaired) electrons. The zero-order valence-electron chi connectivity index (χ0n) is 11.1. The van der Waals surface area contributed by atoms with E-state index in [4.69, 9.17) is 5.11 Å². The van der Waals surface area contributed by atoms with Crippen LogP contribution in [0.2, 0.25) is 0 Å². The molecule has 3 rings (SSSR count). The Hall–Kier alpha value is -2.62. The summed E-state index contributed by atoms with van der Waals surface area (Å²) < 4.78 is 2.14. The Morgan fingerprint density at radius 3 is 2.80 bits per heavy atom. The standard InChI is InChI=1S/C16H14N2O2/c1-11-9-12-5-2-3-8-15(12)18(11)10-13-6-4-7-14(17-13)16(19)20/h2-9H,10H2,1H3,(H,19,20). The van der Waals surface area contributed by atoms with Crippen molar-refractivity contribution >= 4 is 16.9 Å². The van der Waals surface area contributed by atoms with Gasteiger partial charge in [0.2, 0.25) is 0 Å². The third-order valence-corrected chi connectivity index (χ3v) is 3.36. The number of carbonyl (C=O) groups is 1. The lowest BCUT2D eigenvalue weighted by Gasteiger charge is -2.08. The molecule has 0 aliphatic rings. The lowest BCUT2D eigenvalue weighted by molar-refractivity contribution is 0.0690. The molecule has 2 aromatic heterocycles. The molecule has 0 saturated carbocycles. The zero-order chi connectivity index (χ0) is 14.1. The van der Waals surface area contributed by atoms with Gasteiger partial charge in [0.1, 0.15) is 5.69 Å². The van der Waals surface area contributed by atoms with Crippen molar-refractivity contribution in [1.29, 1.82) is 0 Å². The molecule has 4 nitrogen and oxygen atoms in total. The van der Waals surface area contributed by atoms with Crippen LogP contribution in [0, 0.1) is 6.92 Å². The predicted octanol–water partition coefficient (Wildman–Crippen LogP) is 3.09. The maximum atomic E-state index is 11.0. The second kappa shape index (κ2) is 4.81. The van der Waals surface area contributed by atoms with E-state index in [9.17, 15) is 4.79 Å². The number of hydrogen-bond acceptors (Lipinski definition) is 2. The first-order valence-corrected chi connectivity index (χ1v) is 6.39. The monoisotopic (exact) mass is 266 g/mol. The maximum Gasteiger partial charge on any atom is 0.354 e. The van der Waals surface area contributed by atoms with Crippen LogP contribution in [0.4, 0.5) is 0 Å². The SMILES string of the molecule is Cc1cc2ccccc2n1Cc1cccc(C(=O)O)n1. The summed E-state index contributed by atoms with van der Waals surface area (Å²) in [5.74, 6) is -0.999. The van der Waals surface area contributed by atoms with E-state index in [1.165, 1.54) is 11.5 Å². The van der Waals surface area contributed by atoms with Gasteiger partial charge in [-0.3, -0.25) is 0 Å². The lowest BCUT2D eigenvalue weighted by atomic mass is 10.2. The Kier molecular flexibility index (Phi) is 2.99. The van der Waals surface area contributed by atoms with Crippen molar-refractivity contribution in [1.82, 2.24) is 9.55 Å². The van der Waals surface area contributed by atoms with Gasteiger partial charge in [0.25, 0.3) is 0 Å². The number of aromatic nitrogens is 2. The number of nitrogens with zero attached hydrogens (tertiary/aromatic N) is 2. The molecule has 0 atom stereocenters. The number of carboxylic acid groups (broad SMARTS) is 1. The number of para-hydroxylation sites is 1. The Balaban J connectivity index is 2.03. The van der Waals surface area contributed by atoms with Gasteiger partial charge in [0.15, 0.2) is 0 Å². The highest BCUT2D eigenvalue weighted by Gasteiger charge is 2.09. The summed E-state index contributed by atoms with van der Waals surface area (Å²) in [6.45, 7) is 2.61.